The third-order valence-electron chi connectivity index (χ3n) is 1.82. The minimum atomic E-state index is -0.838. The van der Waals surface area contributed by atoms with Gasteiger partial charge in [0, 0.05) is 6.54 Å². The molecule has 4 nitrogen and oxygen atoms in total. The third kappa shape index (κ3) is 1.59. The Kier molecular flexibility index (Phi) is 2.28. The van der Waals surface area contributed by atoms with Crippen molar-refractivity contribution < 1.29 is 9.90 Å². The van der Waals surface area contributed by atoms with Crippen LogP contribution in [0.25, 0.3) is 0 Å². The second kappa shape index (κ2) is 3.04. The van der Waals surface area contributed by atoms with Crippen LogP contribution in [0.4, 0.5) is 0 Å². The summed E-state index contributed by atoms with van der Waals surface area (Å²) in [5, 5.41) is 8.87. The quantitative estimate of drug-likeness (QED) is 0.538. The first kappa shape index (κ1) is 8.26. The first-order chi connectivity index (χ1) is 5.13. The predicted molar refractivity (Wildman–Crippen MR) is 44.1 cm³/mol. The summed E-state index contributed by atoms with van der Waals surface area (Å²) in [4.78, 5) is 12.1. The Labute approximate surface area is 70.0 Å². The third-order valence-corrected chi connectivity index (χ3v) is 2.06. The van der Waals surface area contributed by atoms with E-state index < -0.39 is 12.0 Å². The number of nitrogens with two attached hydrogens (primary N) is 1. The van der Waals surface area contributed by atoms with Crippen molar-refractivity contribution in [3.63, 3.8) is 0 Å². The Morgan fingerprint density at radius 2 is 2.36 bits per heavy atom. The molecule has 1 aliphatic heterocycles. The highest BCUT2D eigenvalue weighted by Gasteiger charge is 2.30. The van der Waals surface area contributed by atoms with Crippen LogP contribution in [0.1, 0.15) is 12.8 Å². The lowest BCUT2D eigenvalue weighted by molar-refractivity contribution is -0.140. The van der Waals surface area contributed by atoms with E-state index in [2.05, 4.69) is 0 Å². The maximum Gasteiger partial charge on any atom is 0.326 e. The van der Waals surface area contributed by atoms with E-state index in [-0.39, 0.29) is 5.11 Å². The van der Waals surface area contributed by atoms with E-state index >= 15 is 0 Å². The molecule has 1 atom stereocenters. The molecule has 1 rings (SSSR count). The molecule has 0 aromatic rings. The standard InChI is InChI=1S/C6H10N2O2S/c7-6(11)8-3-1-2-4(8)5(9)10/h4H,1-3H2,(H2,7,11)(H,9,10)/t4-/m0/s1. The largest absolute Gasteiger partial charge is 0.480 e. The van der Waals surface area contributed by atoms with E-state index in [4.69, 9.17) is 23.1 Å². The number of likely N-dealkylation sites (tertiary alicyclic amines) is 1. The Hall–Kier alpha value is -0.840. The van der Waals surface area contributed by atoms with E-state index in [0.29, 0.717) is 13.0 Å². The number of thiocarbonyl (C=S) groups is 1. The molecule has 1 saturated heterocycles. The highest BCUT2D eigenvalue weighted by Crippen LogP contribution is 2.16. The Bertz CT molecular complexity index is 175. The van der Waals surface area contributed by atoms with Gasteiger partial charge < -0.3 is 15.7 Å². The highest BCUT2D eigenvalue weighted by atomic mass is 32.1. The Morgan fingerprint density at radius 1 is 1.73 bits per heavy atom. The number of nitrogens with zero attached hydrogens (tertiary/aromatic N) is 1. The van der Waals surface area contributed by atoms with Crippen LogP contribution < -0.4 is 5.73 Å². The van der Waals surface area contributed by atoms with Crippen LogP contribution >= 0.6 is 12.2 Å². The molecule has 0 aromatic carbocycles. The van der Waals surface area contributed by atoms with Crippen LogP contribution in [0.3, 0.4) is 0 Å². The van der Waals surface area contributed by atoms with Gasteiger partial charge in [-0.3, -0.25) is 0 Å². The Balaban J connectivity index is 2.65. The monoisotopic (exact) mass is 174 g/mol. The maximum atomic E-state index is 10.6. The minimum Gasteiger partial charge on any atom is -0.480 e. The molecule has 5 heteroatoms. The first-order valence-electron chi connectivity index (χ1n) is 3.42. The molecular formula is C6H10N2O2S. The SMILES string of the molecule is NC(=S)N1CCC[C@H]1C(=O)O. The molecule has 0 radical (unpaired) electrons. The van der Waals surface area contributed by atoms with Gasteiger partial charge in [-0.05, 0) is 25.1 Å². The number of carboxylic acids is 1. The van der Waals surface area contributed by atoms with Gasteiger partial charge in [-0.15, -0.1) is 0 Å². The average Bonchev–Trinajstić information content (AvgIpc) is 2.32. The van der Waals surface area contributed by atoms with Gasteiger partial charge in [0.1, 0.15) is 6.04 Å². The van der Waals surface area contributed by atoms with Gasteiger partial charge in [-0.2, -0.15) is 0 Å². The van der Waals surface area contributed by atoms with Crippen LogP contribution in [0, 0.1) is 0 Å². The van der Waals surface area contributed by atoms with Crippen LogP contribution in [0.2, 0.25) is 0 Å². The lowest BCUT2D eigenvalue weighted by Crippen LogP contribution is -2.43. The summed E-state index contributed by atoms with van der Waals surface area (Å²) in [6.07, 6.45) is 1.50. The molecule has 1 aliphatic rings. The fourth-order valence-corrected chi connectivity index (χ4v) is 1.51. The fourth-order valence-electron chi connectivity index (χ4n) is 1.29. The van der Waals surface area contributed by atoms with Gasteiger partial charge in [-0.1, -0.05) is 0 Å². The van der Waals surface area contributed by atoms with Gasteiger partial charge >= 0.3 is 5.97 Å². The zero-order valence-corrected chi connectivity index (χ0v) is 6.80. The molecule has 0 spiro atoms. The number of hydrogen-bond acceptors (Lipinski definition) is 2. The Morgan fingerprint density at radius 3 is 2.73 bits per heavy atom. The van der Waals surface area contributed by atoms with E-state index in [1.165, 1.54) is 0 Å². The van der Waals surface area contributed by atoms with E-state index in [1.807, 2.05) is 0 Å². The molecule has 62 valence electrons. The molecular weight excluding hydrogens is 164 g/mol. The van der Waals surface area contributed by atoms with Gasteiger partial charge in [0.15, 0.2) is 5.11 Å². The van der Waals surface area contributed by atoms with E-state index in [0.717, 1.165) is 6.42 Å². The van der Waals surface area contributed by atoms with Crippen molar-refractivity contribution >= 4 is 23.3 Å². The molecule has 0 amide bonds. The van der Waals surface area contributed by atoms with Crippen molar-refractivity contribution in [2.24, 2.45) is 5.73 Å². The topological polar surface area (TPSA) is 66.6 Å². The predicted octanol–water partition coefficient (Wildman–Crippen LogP) is -0.221. The summed E-state index contributed by atoms with van der Waals surface area (Å²) < 4.78 is 0. The molecule has 0 aliphatic carbocycles. The van der Waals surface area contributed by atoms with Crippen LogP contribution in [-0.4, -0.2) is 33.7 Å². The second-order valence-corrected chi connectivity index (χ2v) is 2.95. The fraction of sp³-hybridized carbons (Fsp3) is 0.667. The van der Waals surface area contributed by atoms with Crippen LogP contribution in [0.5, 0.6) is 0 Å². The van der Waals surface area contributed by atoms with Gasteiger partial charge in [-0.25, -0.2) is 4.79 Å². The van der Waals surface area contributed by atoms with Crippen molar-refractivity contribution in [1.82, 2.24) is 4.90 Å². The van der Waals surface area contributed by atoms with Gasteiger partial charge in [0.2, 0.25) is 0 Å². The van der Waals surface area contributed by atoms with Crippen molar-refractivity contribution in [2.45, 2.75) is 18.9 Å². The number of carbonyl (C=O) groups is 1. The van der Waals surface area contributed by atoms with Gasteiger partial charge in [0.25, 0.3) is 0 Å². The number of carboxylic acid groups (broad SMARTS) is 1. The number of hydrogen-bond donors (Lipinski definition) is 2. The molecule has 0 unspecified atom stereocenters. The van der Waals surface area contributed by atoms with Crippen LogP contribution in [0.15, 0.2) is 0 Å². The second-order valence-electron chi connectivity index (χ2n) is 2.53. The number of rotatable bonds is 1. The molecule has 11 heavy (non-hydrogen) atoms. The van der Waals surface area contributed by atoms with Crippen molar-refractivity contribution in [3.05, 3.63) is 0 Å². The summed E-state index contributed by atoms with van der Waals surface area (Å²) in [6, 6.07) is -0.493. The highest BCUT2D eigenvalue weighted by molar-refractivity contribution is 7.80. The molecule has 0 saturated carbocycles. The molecule has 3 N–H and O–H groups in total. The van der Waals surface area contributed by atoms with E-state index in [9.17, 15) is 4.79 Å². The zero-order valence-electron chi connectivity index (χ0n) is 5.99. The average molecular weight is 174 g/mol. The van der Waals surface area contributed by atoms with E-state index in [1.54, 1.807) is 4.90 Å². The summed E-state index contributed by atoms with van der Waals surface area (Å²) in [6.45, 7) is 0.673. The van der Waals surface area contributed by atoms with Crippen molar-refractivity contribution in [1.29, 1.82) is 0 Å². The smallest absolute Gasteiger partial charge is 0.326 e. The van der Waals surface area contributed by atoms with Crippen molar-refractivity contribution in [3.8, 4) is 0 Å². The normalized spacial score (nSPS) is 23.6. The molecule has 1 heterocycles. The van der Waals surface area contributed by atoms with Crippen molar-refractivity contribution in [2.75, 3.05) is 6.54 Å². The minimum absolute atomic E-state index is 0.190. The summed E-state index contributed by atoms with van der Waals surface area (Å²) in [5.74, 6) is -0.838. The molecule has 0 aromatic heterocycles. The summed E-state index contributed by atoms with van der Waals surface area (Å²) in [5.41, 5.74) is 5.32. The summed E-state index contributed by atoms with van der Waals surface area (Å²) in [7, 11) is 0. The lowest BCUT2D eigenvalue weighted by atomic mass is 10.2. The molecule has 0 bridgehead atoms. The maximum absolute atomic E-state index is 10.6. The first-order valence-corrected chi connectivity index (χ1v) is 3.82. The molecule has 1 fully saturated rings. The number of aliphatic carboxylic acids is 1. The summed E-state index contributed by atoms with van der Waals surface area (Å²) >= 11 is 4.69. The van der Waals surface area contributed by atoms with Crippen LogP contribution in [-0.2, 0) is 4.79 Å². The zero-order chi connectivity index (χ0) is 8.43. The lowest BCUT2D eigenvalue weighted by Gasteiger charge is -2.20. The van der Waals surface area contributed by atoms with Gasteiger partial charge in [0.05, 0.1) is 0 Å².